The Balaban J connectivity index is 1.53. The lowest BCUT2D eigenvalue weighted by atomic mass is 9.93. The Bertz CT molecular complexity index is 738. The Morgan fingerprint density at radius 1 is 1.20 bits per heavy atom. The van der Waals surface area contributed by atoms with Gasteiger partial charge in [-0.2, -0.15) is 5.10 Å². The summed E-state index contributed by atoms with van der Waals surface area (Å²) in [4.78, 5) is 19.1. The maximum absolute atomic E-state index is 12.0. The van der Waals surface area contributed by atoms with Crippen molar-refractivity contribution in [3.05, 3.63) is 45.9 Å². The highest BCUT2D eigenvalue weighted by Gasteiger charge is 2.22. The molecule has 1 aliphatic heterocycles. The maximum atomic E-state index is 12.0. The van der Waals surface area contributed by atoms with E-state index in [2.05, 4.69) is 34.0 Å². The smallest absolute Gasteiger partial charge is 0.297 e. The zero-order chi connectivity index (χ0) is 17.8. The van der Waals surface area contributed by atoms with Crippen molar-refractivity contribution in [3.8, 4) is 0 Å². The summed E-state index contributed by atoms with van der Waals surface area (Å²) in [6, 6.07) is 4.33. The maximum Gasteiger partial charge on any atom is 0.345 e. The monoisotopic (exact) mass is 343 g/mol. The molecular formula is C19H29N5O. The molecule has 0 N–H and O–H groups in total. The molecule has 6 nitrogen and oxygen atoms in total. The van der Waals surface area contributed by atoms with Crippen LogP contribution in [0, 0.1) is 5.92 Å². The minimum absolute atomic E-state index is 0.00321. The van der Waals surface area contributed by atoms with Crippen LogP contribution in [-0.4, -0.2) is 37.3 Å². The normalized spacial score (nSPS) is 16.4. The molecule has 1 saturated heterocycles. The molecule has 2 aromatic rings. The van der Waals surface area contributed by atoms with Gasteiger partial charge < -0.3 is 0 Å². The summed E-state index contributed by atoms with van der Waals surface area (Å²) in [5.41, 5.74) is 2.44. The van der Waals surface area contributed by atoms with Gasteiger partial charge in [-0.15, -0.1) is 0 Å². The quantitative estimate of drug-likeness (QED) is 0.805. The number of likely N-dealkylation sites (tertiary alicyclic amines) is 1. The Morgan fingerprint density at radius 3 is 2.56 bits per heavy atom. The van der Waals surface area contributed by atoms with Crippen molar-refractivity contribution in [3.63, 3.8) is 0 Å². The van der Waals surface area contributed by atoms with Crippen LogP contribution in [0.5, 0.6) is 0 Å². The number of nitrogens with zero attached hydrogens (tertiary/aromatic N) is 5. The van der Waals surface area contributed by atoms with E-state index in [9.17, 15) is 4.79 Å². The molecule has 3 heterocycles. The molecule has 0 aliphatic carbocycles. The second-order valence-corrected chi connectivity index (χ2v) is 7.00. The number of aromatic nitrogens is 4. The first-order valence-electron chi connectivity index (χ1n) is 9.39. The van der Waals surface area contributed by atoms with Gasteiger partial charge in [0.2, 0.25) is 0 Å². The van der Waals surface area contributed by atoms with Gasteiger partial charge in [0.1, 0.15) is 5.82 Å². The van der Waals surface area contributed by atoms with E-state index in [1.165, 1.54) is 10.2 Å². The van der Waals surface area contributed by atoms with Gasteiger partial charge in [0.15, 0.2) is 0 Å². The van der Waals surface area contributed by atoms with Crippen LogP contribution in [0.25, 0.3) is 0 Å². The Labute approximate surface area is 149 Å². The molecule has 3 rings (SSSR count). The number of pyridine rings is 1. The van der Waals surface area contributed by atoms with Crippen LogP contribution in [0.1, 0.15) is 43.8 Å². The molecular weight excluding hydrogens is 314 g/mol. The number of rotatable bonds is 6. The van der Waals surface area contributed by atoms with Crippen molar-refractivity contribution in [2.45, 2.75) is 52.6 Å². The van der Waals surface area contributed by atoms with E-state index in [4.69, 9.17) is 0 Å². The van der Waals surface area contributed by atoms with Gasteiger partial charge in [0.25, 0.3) is 0 Å². The Kier molecular flexibility index (Phi) is 5.68. The van der Waals surface area contributed by atoms with E-state index < -0.39 is 0 Å². The van der Waals surface area contributed by atoms with Crippen LogP contribution in [0.3, 0.4) is 0 Å². The van der Waals surface area contributed by atoms with Gasteiger partial charge in [-0.1, -0.05) is 13.0 Å². The van der Waals surface area contributed by atoms with Crippen LogP contribution in [-0.2, 0) is 33.0 Å². The standard InChI is InChI=1S/C19H29N5O/c1-4-15-6-7-17(20-13-15)14-23-10-8-16(9-11-23)12-18-21-22(3)19(25)24(18)5-2/h6-7,13,16H,4-5,8-12,14H2,1-3H3. The predicted molar refractivity (Wildman–Crippen MR) is 98.5 cm³/mol. The van der Waals surface area contributed by atoms with Gasteiger partial charge in [0.05, 0.1) is 5.69 Å². The van der Waals surface area contributed by atoms with Crippen molar-refractivity contribution >= 4 is 0 Å². The minimum Gasteiger partial charge on any atom is -0.297 e. The summed E-state index contributed by atoms with van der Waals surface area (Å²) in [5.74, 6) is 1.55. The van der Waals surface area contributed by atoms with E-state index in [0.29, 0.717) is 12.5 Å². The second kappa shape index (κ2) is 7.95. The van der Waals surface area contributed by atoms with Crippen molar-refractivity contribution in [1.82, 2.24) is 24.2 Å². The number of aryl methyl sites for hydroxylation is 2. The molecule has 0 saturated carbocycles. The number of hydrogen-bond acceptors (Lipinski definition) is 4. The molecule has 1 fully saturated rings. The summed E-state index contributed by atoms with van der Waals surface area (Å²) in [6.07, 6.45) is 6.24. The molecule has 136 valence electrons. The fourth-order valence-corrected chi connectivity index (χ4v) is 3.62. The molecule has 0 amide bonds. The first-order valence-corrected chi connectivity index (χ1v) is 9.39. The zero-order valence-corrected chi connectivity index (χ0v) is 15.6. The second-order valence-electron chi connectivity index (χ2n) is 7.00. The lowest BCUT2D eigenvalue weighted by Crippen LogP contribution is -2.34. The minimum atomic E-state index is -0.00321. The molecule has 0 spiro atoms. The topological polar surface area (TPSA) is 56.0 Å². The largest absolute Gasteiger partial charge is 0.345 e. The van der Waals surface area contributed by atoms with E-state index in [1.807, 2.05) is 13.1 Å². The summed E-state index contributed by atoms with van der Waals surface area (Å²) >= 11 is 0. The lowest BCUT2D eigenvalue weighted by Gasteiger charge is -2.31. The highest BCUT2D eigenvalue weighted by molar-refractivity contribution is 5.13. The van der Waals surface area contributed by atoms with Gasteiger partial charge in [0, 0.05) is 32.8 Å². The van der Waals surface area contributed by atoms with Crippen LogP contribution < -0.4 is 5.69 Å². The molecule has 0 atom stereocenters. The molecule has 6 heteroatoms. The van der Waals surface area contributed by atoms with Gasteiger partial charge >= 0.3 is 5.69 Å². The molecule has 1 aliphatic rings. The van der Waals surface area contributed by atoms with E-state index >= 15 is 0 Å². The van der Waals surface area contributed by atoms with Crippen LogP contribution in [0.2, 0.25) is 0 Å². The van der Waals surface area contributed by atoms with E-state index in [1.54, 1.807) is 11.6 Å². The molecule has 0 aromatic carbocycles. The van der Waals surface area contributed by atoms with Crippen molar-refractivity contribution in [2.75, 3.05) is 13.1 Å². The van der Waals surface area contributed by atoms with Gasteiger partial charge in [-0.3, -0.25) is 14.5 Å². The third-order valence-electron chi connectivity index (χ3n) is 5.26. The Hall–Kier alpha value is -1.95. The van der Waals surface area contributed by atoms with Gasteiger partial charge in [-0.25, -0.2) is 9.48 Å². The SMILES string of the molecule is CCc1ccc(CN2CCC(Cc3nn(C)c(=O)n3CC)CC2)nc1. The third-order valence-corrected chi connectivity index (χ3v) is 5.26. The average Bonchev–Trinajstić information content (AvgIpc) is 2.90. The molecule has 25 heavy (non-hydrogen) atoms. The van der Waals surface area contributed by atoms with Crippen LogP contribution in [0.4, 0.5) is 0 Å². The van der Waals surface area contributed by atoms with E-state index in [0.717, 1.165) is 56.8 Å². The number of piperidine rings is 1. The van der Waals surface area contributed by atoms with E-state index in [-0.39, 0.29) is 5.69 Å². The summed E-state index contributed by atoms with van der Waals surface area (Å²) in [5, 5.41) is 4.42. The third kappa shape index (κ3) is 4.18. The summed E-state index contributed by atoms with van der Waals surface area (Å²) in [7, 11) is 1.73. The first kappa shape index (κ1) is 17.9. The lowest BCUT2D eigenvalue weighted by molar-refractivity contribution is 0.173. The average molecular weight is 343 g/mol. The first-order chi connectivity index (χ1) is 12.1. The molecule has 0 bridgehead atoms. The predicted octanol–water partition coefficient (Wildman–Crippen LogP) is 2.01. The zero-order valence-electron chi connectivity index (χ0n) is 15.6. The van der Waals surface area contributed by atoms with Crippen LogP contribution >= 0.6 is 0 Å². The molecule has 2 aromatic heterocycles. The van der Waals surface area contributed by atoms with Crippen LogP contribution in [0.15, 0.2) is 23.1 Å². The highest BCUT2D eigenvalue weighted by Crippen LogP contribution is 2.21. The summed E-state index contributed by atoms with van der Waals surface area (Å²) in [6.45, 7) is 7.96. The fraction of sp³-hybridized carbons (Fsp3) is 0.632. The van der Waals surface area contributed by atoms with Crippen molar-refractivity contribution in [2.24, 2.45) is 13.0 Å². The molecule has 0 radical (unpaired) electrons. The van der Waals surface area contributed by atoms with Crippen molar-refractivity contribution in [1.29, 1.82) is 0 Å². The highest BCUT2D eigenvalue weighted by atomic mass is 16.2. The van der Waals surface area contributed by atoms with Crippen molar-refractivity contribution < 1.29 is 0 Å². The Morgan fingerprint density at radius 2 is 1.96 bits per heavy atom. The summed E-state index contributed by atoms with van der Waals surface area (Å²) < 4.78 is 3.26. The fourth-order valence-electron chi connectivity index (χ4n) is 3.62. The number of hydrogen-bond donors (Lipinski definition) is 0. The molecule has 0 unspecified atom stereocenters. The van der Waals surface area contributed by atoms with Gasteiger partial charge in [-0.05, 0) is 56.8 Å².